The molecule has 1 heterocycles. The van der Waals surface area contributed by atoms with E-state index in [4.69, 9.17) is 5.26 Å². The molecule has 0 saturated carbocycles. The zero-order valence-electron chi connectivity index (χ0n) is 11.9. The van der Waals surface area contributed by atoms with Gasteiger partial charge in [-0.25, -0.2) is 0 Å². The molecule has 19 heavy (non-hydrogen) atoms. The number of nitrogens with zero attached hydrogens (tertiary/aromatic N) is 2. The van der Waals surface area contributed by atoms with E-state index < -0.39 is 0 Å². The van der Waals surface area contributed by atoms with Crippen molar-refractivity contribution in [3.05, 3.63) is 29.3 Å². The van der Waals surface area contributed by atoms with Crippen molar-refractivity contribution >= 4 is 5.69 Å². The minimum atomic E-state index is 0.601. The van der Waals surface area contributed by atoms with Gasteiger partial charge in [0.05, 0.1) is 11.3 Å². The van der Waals surface area contributed by atoms with Gasteiger partial charge < -0.3 is 10.2 Å². The molecule has 0 amide bonds. The summed E-state index contributed by atoms with van der Waals surface area (Å²) in [6.45, 7) is 8.90. The third-order valence-corrected chi connectivity index (χ3v) is 3.79. The highest BCUT2D eigenvalue weighted by Gasteiger charge is 2.15. The molecule has 0 aliphatic carbocycles. The lowest BCUT2D eigenvalue weighted by Gasteiger charge is -2.21. The van der Waals surface area contributed by atoms with Gasteiger partial charge >= 0.3 is 0 Å². The molecule has 0 radical (unpaired) electrons. The number of aryl methyl sites for hydroxylation is 1. The molecule has 1 aromatic rings. The smallest absolute Gasteiger partial charge is 0.101 e. The van der Waals surface area contributed by atoms with E-state index in [9.17, 15) is 0 Å². The first-order valence-corrected chi connectivity index (χ1v) is 7.16. The van der Waals surface area contributed by atoms with Gasteiger partial charge in [-0.15, -0.1) is 0 Å². The Hall–Kier alpha value is -1.53. The van der Waals surface area contributed by atoms with Crippen LogP contribution in [-0.2, 0) is 0 Å². The third-order valence-electron chi connectivity index (χ3n) is 3.79. The first-order valence-electron chi connectivity index (χ1n) is 7.16. The van der Waals surface area contributed by atoms with E-state index in [0.717, 1.165) is 29.9 Å². The number of likely N-dealkylation sites (tertiary alicyclic amines) is 1. The summed E-state index contributed by atoms with van der Waals surface area (Å²) < 4.78 is 0. The average molecular weight is 257 g/mol. The molecule has 1 N–H and O–H groups in total. The first-order chi connectivity index (χ1) is 9.20. The summed E-state index contributed by atoms with van der Waals surface area (Å²) in [5.74, 6) is 0.601. The van der Waals surface area contributed by atoms with E-state index in [-0.39, 0.29) is 0 Å². The first kappa shape index (κ1) is 13.9. The van der Waals surface area contributed by atoms with Crippen molar-refractivity contribution in [2.75, 3.05) is 31.5 Å². The second-order valence-electron chi connectivity index (χ2n) is 5.60. The van der Waals surface area contributed by atoms with Crippen LogP contribution in [0.5, 0.6) is 0 Å². The Morgan fingerprint density at radius 1 is 1.37 bits per heavy atom. The highest BCUT2D eigenvalue weighted by molar-refractivity contribution is 5.62. The van der Waals surface area contributed by atoms with Crippen molar-refractivity contribution in [3.63, 3.8) is 0 Å². The van der Waals surface area contributed by atoms with Crippen molar-refractivity contribution in [1.29, 1.82) is 5.26 Å². The van der Waals surface area contributed by atoms with Crippen LogP contribution in [0.1, 0.15) is 30.9 Å². The predicted octanol–water partition coefficient (Wildman–Crippen LogP) is 3.01. The molecule has 1 unspecified atom stereocenters. The summed E-state index contributed by atoms with van der Waals surface area (Å²) >= 11 is 0. The molecule has 3 nitrogen and oxygen atoms in total. The van der Waals surface area contributed by atoms with Gasteiger partial charge in [-0.05, 0) is 50.4 Å². The molecule has 0 bridgehead atoms. The predicted molar refractivity (Wildman–Crippen MR) is 79.2 cm³/mol. The topological polar surface area (TPSA) is 39.1 Å². The monoisotopic (exact) mass is 257 g/mol. The second kappa shape index (κ2) is 6.58. The number of anilines is 1. The Kier molecular flexibility index (Phi) is 4.81. The van der Waals surface area contributed by atoms with E-state index in [1.54, 1.807) is 0 Å². The Balaban J connectivity index is 1.89. The van der Waals surface area contributed by atoms with Crippen molar-refractivity contribution < 1.29 is 0 Å². The Morgan fingerprint density at radius 3 is 2.79 bits per heavy atom. The van der Waals surface area contributed by atoms with Crippen molar-refractivity contribution in [2.24, 2.45) is 5.92 Å². The summed E-state index contributed by atoms with van der Waals surface area (Å²) in [6, 6.07) is 8.12. The summed E-state index contributed by atoms with van der Waals surface area (Å²) in [5.41, 5.74) is 2.89. The molecule has 1 aromatic carbocycles. The van der Waals surface area contributed by atoms with Crippen LogP contribution in [0, 0.1) is 24.2 Å². The average Bonchev–Trinajstić information content (AvgIpc) is 2.89. The molecule has 1 aliphatic heterocycles. The van der Waals surface area contributed by atoms with Gasteiger partial charge in [0.25, 0.3) is 0 Å². The number of nitrogens with one attached hydrogen (secondary N) is 1. The molecule has 3 heteroatoms. The van der Waals surface area contributed by atoms with Gasteiger partial charge in [0.2, 0.25) is 0 Å². The number of benzene rings is 1. The fourth-order valence-electron chi connectivity index (χ4n) is 2.74. The maximum absolute atomic E-state index is 9.14. The number of hydrogen-bond acceptors (Lipinski definition) is 3. The lowest BCUT2D eigenvalue weighted by Crippen LogP contribution is -2.29. The largest absolute Gasteiger partial charge is 0.383 e. The molecule has 1 saturated heterocycles. The number of nitriles is 1. The van der Waals surface area contributed by atoms with Gasteiger partial charge in [0.1, 0.15) is 6.07 Å². The Morgan fingerprint density at radius 2 is 2.11 bits per heavy atom. The Bertz CT molecular complexity index is 456. The minimum absolute atomic E-state index is 0.601. The van der Waals surface area contributed by atoms with Gasteiger partial charge in [0.15, 0.2) is 0 Å². The van der Waals surface area contributed by atoms with Crippen LogP contribution in [0.4, 0.5) is 5.69 Å². The molecule has 1 atom stereocenters. The molecule has 1 fully saturated rings. The van der Waals surface area contributed by atoms with Crippen LogP contribution in [0.2, 0.25) is 0 Å². The quantitative estimate of drug-likeness (QED) is 0.881. The molecule has 1 aliphatic rings. The SMILES string of the molecule is Cc1cccc(C#N)c1NCC(C)CN1CCCC1. The fraction of sp³-hybridized carbons (Fsp3) is 0.562. The maximum atomic E-state index is 9.14. The molecule has 2 rings (SSSR count). The van der Waals surface area contributed by atoms with Crippen LogP contribution in [0.3, 0.4) is 0 Å². The molecule has 102 valence electrons. The van der Waals surface area contributed by atoms with E-state index in [2.05, 4.69) is 23.2 Å². The molecule has 0 spiro atoms. The van der Waals surface area contributed by atoms with Crippen LogP contribution < -0.4 is 5.32 Å². The van der Waals surface area contributed by atoms with E-state index in [0.29, 0.717) is 5.92 Å². The van der Waals surface area contributed by atoms with Gasteiger partial charge in [0, 0.05) is 13.1 Å². The zero-order chi connectivity index (χ0) is 13.7. The summed E-state index contributed by atoms with van der Waals surface area (Å²) in [6.07, 6.45) is 2.69. The molecule has 0 aromatic heterocycles. The molecular formula is C16H23N3. The van der Waals surface area contributed by atoms with Crippen molar-refractivity contribution in [2.45, 2.75) is 26.7 Å². The highest BCUT2D eigenvalue weighted by atomic mass is 15.1. The number of hydrogen-bond donors (Lipinski definition) is 1. The molecular weight excluding hydrogens is 234 g/mol. The van der Waals surface area contributed by atoms with Crippen LogP contribution >= 0.6 is 0 Å². The van der Waals surface area contributed by atoms with Crippen molar-refractivity contribution in [3.8, 4) is 6.07 Å². The third kappa shape index (κ3) is 3.71. The van der Waals surface area contributed by atoms with E-state index in [1.165, 1.54) is 25.9 Å². The number of rotatable bonds is 5. The lowest BCUT2D eigenvalue weighted by molar-refractivity contribution is 0.294. The zero-order valence-corrected chi connectivity index (χ0v) is 11.9. The van der Waals surface area contributed by atoms with Crippen LogP contribution in [0.25, 0.3) is 0 Å². The van der Waals surface area contributed by atoms with E-state index in [1.807, 2.05) is 25.1 Å². The lowest BCUT2D eigenvalue weighted by atomic mass is 10.1. The maximum Gasteiger partial charge on any atom is 0.101 e. The van der Waals surface area contributed by atoms with Gasteiger partial charge in [-0.3, -0.25) is 0 Å². The van der Waals surface area contributed by atoms with Crippen molar-refractivity contribution in [1.82, 2.24) is 4.90 Å². The van der Waals surface area contributed by atoms with E-state index >= 15 is 0 Å². The summed E-state index contributed by atoms with van der Waals surface area (Å²) in [4.78, 5) is 2.54. The Labute approximate surface area is 116 Å². The normalized spacial score (nSPS) is 17.1. The highest BCUT2D eigenvalue weighted by Crippen LogP contribution is 2.20. The fourth-order valence-corrected chi connectivity index (χ4v) is 2.74. The summed E-state index contributed by atoms with van der Waals surface area (Å²) in [7, 11) is 0. The van der Waals surface area contributed by atoms with Gasteiger partial charge in [-0.1, -0.05) is 19.1 Å². The van der Waals surface area contributed by atoms with Gasteiger partial charge in [-0.2, -0.15) is 5.26 Å². The summed E-state index contributed by atoms with van der Waals surface area (Å²) in [5, 5.41) is 12.6. The van der Waals surface area contributed by atoms with Crippen LogP contribution in [-0.4, -0.2) is 31.1 Å². The second-order valence-corrected chi connectivity index (χ2v) is 5.60. The van der Waals surface area contributed by atoms with Crippen LogP contribution in [0.15, 0.2) is 18.2 Å². The minimum Gasteiger partial charge on any atom is -0.383 e. The number of para-hydroxylation sites is 1. The standard InChI is InChI=1S/C16H23N3/c1-13(12-19-8-3-4-9-19)11-18-16-14(2)6-5-7-15(16)10-17/h5-7,13,18H,3-4,8-9,11-12H2,1-2H3.